The summed E-state index contributed by atoms with van der Waals surface area (Å²) in [6.07, 6.45) is 5.46. The Morgan fingerprint density at radius 3 is 2.52 bits per heavy atom. The minimum atomic E-state index is -1.13. The SMILES string of the molecule is CC(c1c(F)cccc1F)N(N)C(=O)c1cnc(-c2ncco2)c(-c2ccc(=O)n(C)c2)n1. The number of halogens is 2. The Morgan fingerprint density at radius 2 is 1.88 bits per heavy atom. The maximum atomic E-state index is 14.2. The first-order chi connectivity index (χ1) is 15.8. The number of hydrazine groups is 1. The molecule has 0 radical (unpaired) electrons. The van der Waals surface area contributed by atoms with E-state index >= 15 is 0 Å². The van der Waals surface area contributed by atoms with Gasteiger partial charge < -0.3 is 8.98 Å². The third kappa shape index (κ3) is 4.13. The number of amides is 1. The highest BCUT2D eigenvalue weighted by atomic mass is 19.1. The summed E-state index contributed by atoms with van der Waals surface area (Å²) >= 11 is 0. The van der Waals surface area contributed by atoms with Crippen molar-refractivity contribution in [1.82, 2.24) is 24.5 Å². The molecule has 1 unspecified atom stereocenters. The molecule has 0 saturated heterocycles. The quantitative estimate of drug-likeness (QED) is 0.281. The zero-order valence-electron chi connectivity index (χ0n) is 17.6. The number of carbonyl (C=O) groups is 1. The monoisotopic (exact) mass is 452 g/mol. The van der Waals surface area contributed by atoms with Crippen LogP contribution in [0.15, 0.2) is 64.4 Å². The summed E-state index contributed by atoms with van der Waals surface area (Å²) in [5.74, 6) is 3.60. The molecule has 0 bridgehead atoms. The van der Waals surface area contributed by atoms with Crippen molar-refractivity contribution in [2.45, 2.75) is 13.0 Å². The van der Waals surface area contributed by atoms with Crippen molar-refractivity contribution in [2.24, 2.45) is 12.9 Å². The number of rotatable bonds is 5. The van der Waals surface area contributed by atoms with Crippen molar-refractivity contribution >= 4 is 5.91 Å². The Balaban J connectivity index is 1.77. The van der Waals surface area contributed by atoms with Gasteiger partial charge in [-0.1, -0.05) is 6.07 Å². The first-order valence-electron chi connectivity index (χ1n) is 9.74. The van der Waals surface area contributed by atoms with E-state index in [9.17, 15) is 18.4 Å². The maximum Gasteiger partial charge on any atom is 0.288 e. The summed E-state index contributed by atoms with van der Waals surface area (Å²) < 4.78 is 35.0. The molecule has 9 nitrogen and oxygen atoms in total. The number of hydrogen-bond donors (Lipinski definition) is 1. The smallest absolute Gasteiger partial charge is 0.288 e. The minimum Gasteiger partial charge on any atom is -0.443 e. The van der Waals surface area contributed by atoms with Crippen LogP contribution in [0.2, 0.25) is 0 Å². The zero-order chi connectivity index (χ0) is 23.7. The summed E-state index contributed by atoms with van der Waals surface area (Å²) in [7, 11) is 1.56. The van der Waals surface area contributed by atoms with E-state index < -0.39 is 23.6 Å². The zero-order valence-corrected chi connectivity index (χ0v) is 17.6. The van der Waals surface area contributed by atoms with Crippen LogP contribution < -0.4 is 11.4 Å². The van der Waals surface area contributed by atoms with Gasteiger partial charge in [0.25, 0.3) is 5.91 Å². The third-order valence-corrected chi connectivity index (χ3v) is 5.06. The molecule has 1 atom stereocenters. The molecule has 0 aliphatic rings. The molecule has 3 heterocycles. The lowest BCUT2D eigenvalue weighted by Gasteiger charge is -2.25. The van der Waals surface area contributed by atoms with E-state index in [-0.39, 0.29) is 34.1 Å². The number of carbonyl (C=O) groups excluding carboxylic acids is 1. The highest BCUT2D eigenvalue weighted by Crippen LogP contribution is 2.29. The second-order valence-corrected chi connectivity index (χ2v) is 7.18. The molecule has 33 heavy (non-hydrogen) atoms. The lowest BCUT2D eigenvalue weighted by Crippen LogP contribution is -2.40. The standard InChI is InChI=1S/C22H18F2N6O3/c1-12(18-14(23)4-3-5-15(18)24)30(25)22(32)16-10-27-20(21-26-8-9-33-21)19(28-16)13-6-7-17(31)29(2)11-13/h3-12H,25H2,1-2H3. The van der Waals surface area contributed by atoms with Gasteiger partial charge in [-0.3, -0.25) is 14.6 Å². The van der Waals surface area contributed by atoms with Gasteiger partial charge in [-0.25, -0.2) is 29.6 Å². The van der Waals surface area contributed by atoms with Crippen LogP contribution in [0.3, 0.4) is 0 Å². The molecule has 1 aromatic carbocycles. The van der Waals surface area contributed by atoms with E-state index in [0.29, 0.717) is 10.6 Å². The van der Waals surface area contributed by atoms with Crippen LogP contribution in [0.25, 0.3) is 22.8 Å². The minimum absolute atomic E-state index is 0.150. The topological polar surface area (TPSA) is 120 Å². The second kappa shape index (κ2) is 8.71. The van der Waals surface area contributed by atoms with E-state index in [4.69, 9.17) is 10.3 Å². The third-order valence-electron chi connectivity index (χ3n) is 5.06. The maximum absolute atomic E-state index is 14.2. The van der Waals surface area contributed by atoms with Gasteiger partial charge in [0.15, 0.2) is 5.69 Å². The van der Waals surface area contributed by atoms with Gasteiger partial charge in [-0.15, -0.1) is 0 Å². The normalized spacial score (nSPS) is 11.9. The van der Waals surface area contributed by atoms with E-state index in [1.54, 1.807) is 7.05 Å². The summed E-state index contributed by atoms with van der Waals surface area (Å²) in [4.78, 5) is 37.6. The Morgan fingerprint density at radius 1 is 1.15 bits per heavy atom. The van der Waals surface area contributed by atoms with Gasteiger partial charge >= 0.3 is 0 Å². The molecule has 3 aromatic heterocycles. The summed E-state index contributed by atoms with van der Waals surface area (Å²) in [5, 5.41) is 0.681. The molecule has 4 aromatic rings. The highest BCUT2D eigenvalue weighted by molar-refractivity contribution is 5.93. The summed E-state index contributed by atoms with van der Waals surface area (Å²) in [6.45, 7) is 1.39. The van der Waals surface area contributed by atoms with E-state index in [2.05, 4.69) is 15.0 Å². The number of hydrogen-bond acceptors (Lipinski definition) is 7. The number of benzene rings is 1. The van der Waals surface area contributed by atoms with E-state index in [1.807, 2.05) is 0 Å². The van der Waals surface area contributed by atoms with Gasteiger partial charge in [0.2, 0.25) is 11.4 Å². The molecule has 0 spiro atoms. The van der Waals surface area contributed by atoms with Crippen molar-refractivity contribution in [3.63, 3.8) is 0 Å². The molecule has 0 aliphatic heterocycles. The average molecular weight is 452 g/mol. The Kier molecular flexibility index (Phi) is 5.80. The van der Waals surface area contributed by atoms with Crippen LogP contribution in [0, 0.1) is 11.6 Å². The summed E-state index contributed by atoms with van der Waals surface area (Å²) in [6, 6.07) is 5.10. The van der Waals surface area contributed by atoms with Gasteiger partial charge in [0.05, 0.1) is 18.4 Å². The average Bonchev–Trinajstić information content (AvgIpc) is 3.34. The van der Waals surface area contributed by atoms with Crippen LogP contribution in [0.4, 0.5) is 8.78 Å². The molecule has 2 N–H and O–H groups in total. The largest absolute Gasteiger partial charge is 0.443 e. The fraction of sp³-hybridized carbons (Fsp3) is 0.136. The number of pyridine rings is 1. The van der Waals surface area contributed by atoms with Crippen molar-refractivity contribution in [3.05, 3.63) is 88.4 Å². The Labute approximate surface area is 186 Å². The number of aromatic nitrogens is 4. The molecule has 0 aliphatic carbocycles. The molecule has 0 saturated carbocycles. The predicted molar refractivity (Wildman–Crippen MR) is 113 cm³/mol. The van der Waals surface area contributed by atoms with E-state index in [0.717, 1.165) is 18.3 Å². The van der Waals surface area contributed by atoms with Crippen molar-refractivity contribution in [2.75, 3.05) is 0 Å². The van der Waals surface area contributed by atoms with Gasteiger partial charge in [-0.2, -0.15) is 0 Å². The fourth-order valence-electron chi connectivity index (χ4n) is 3.28. The molecule has 168 valence electrons. The van der Waals surface area contributed by atoms with Gasteiger partial charge in [-0.05, 0) is 25.1 Å². The molecule has 4 rings (SSSR count). The second-order valence-electron chi connectivity index (χ2n) is 7.18. The first kappa shape index (κ1) is 22.0. The fourth-order valence-corrected chi connectivity index (χ4v) is 3.28. The van der Waals surface area contributed by atoms with Crippen LogP contribution in [0.5, 0.6) is 0 Å². The van der Waals surface area contributed by atoms with Gasteiger partial charge in [0.1, 0.15) is 29.3 Å². The molecule has 0 fully saturated rings. The van der Waals surface area contributed by atoms with Crippen molar-refractivity contribution in [1.29, 1.82) is 0 Å². The van der Waals surface area contributed by atoms with Gasteiger partial charge in [0, 0.05) is 30.4 Å². The number of aryl methyl sites for hydroxylation is 1. The Bertz CT molecular complexity index is 1370. The molecule has 1 amide bonds. The van der Waals surface area contributed by atoms with E-state index in [1.165, 1.54) is 48.3 Å². The van der Waals surface area contributed by atoms with Crippen LogP contribution in [-0.2, 0) is 7.05 Å². The number of nitrogens with two attached hydrogens (primary N) is 1. The highest BCUT2D eigenvalue weighted by Gasteiger charge is 2.27. The Hall–Kier alpha value is -4.25. The lowest BCUT2D eigenvalue weighted by molar-refractivity contribution is 0.0678. The van der Waals surface area contributed by atoms with Crippen molar-refractivity contribution in [3.8, 4) is 22.8 Å². The number of oxazole rings is 1. The predicted octanol–water partition coefficient (Wildman–Crippen LogP) is 2.85. The lowest BCUT2D eigenvalue weighted by atomic mass is 10.1. The summed E-state index contributed by atoms with van der Waals surface area (Å²) in [5.41, 5.74) is 0.120. The number of nitrogens with zero attached hydrogens (tertiary/aromatic N) is 5. The molecule has 11 heteroatoms. The first-order valence-corrected chi connectivity index (χ1v) is 9.74. The van der Waals surface area contributed by atoms with Crippen LogP contribution in [0.1, 0.15) is 29.0 Å². The van der Waals surface area contributed by atoms with Crippen molar-refractivity contribution < 1.29 is 18.0 Å². The molecular formula is C22H18F2N6O3. The molecular weight excluding hydrogens is 434 g/mol. The van der Waals surface area contributed by atoms with Crippen LogP contribution in [-0.4, -0.2) is 30.4 Å². The van der Waals surface area contributed by atoms with Crippen LogP contribution >= 0.6 is 0 Å².